The van der Waals surface area contributed by atoms with Crippen LogP contribution in [0.5, 0.6) is 0 Å². The summed E-state index contributed by atoms with van der Waals surface area (Å²) < 4.78 is 18.5. The van der Waals surface area contributed by atoms with Gasteiger partial charge < -0.3 is 22.1 Å². The zero-order valence-electron chi connectivity index (χ0n) is 13.9. The average Bonchev–Trinajstić information content (AvgIpc) is 2.94. The molecule has 0 aliphatic rings. The van der Waals surface area contributed by atoms with Crippen LogP contribution in [0.1, 0.15) is 35.8 Å². The third-order valence-electron chi connectivity index (χ3n) is 3.51. The molecule has 1 aromatic heterocycles. The first kappa shape index (κ1) is 18.7. The summed E-state index contributed by atoms with van der Waals surface area (Å²) in [6.45, 7) is 3.72. The minimum Gasteiger partial charge on any atom is -0.371 e. The van der Waals surface area contributed by atoms with E-state index in [2.05, 4.69) is 15.0 Å². The SMILES string of the molecule is CCC[C@@H](Nc1cc(Nc2cc(C)ns2)c(C(N)=O)cc1F)C(N)=O. The monoisotopic (exact) mass is 365 g/mol. The van der Waals surface area contributed by atoms with Gasteiger partial charge >= 0.3 is 0 Å². The zero-order valence-corrected chi connectivity index (χ0v) is 14.7. The molecule has 6 N–H and O–H groups in total. The first-order chi connectivity index (χ1) is 11.8. The Hall–Kier alpha value is -2.68. The first-order valence-electron chi connectivity index (χ1n) is 7.71. The molecular weight excluding hydrogens is 345 g/mol. The van der Waals surface area contributed by atoms with Crippen LogP contribution in [0.3, 0.4) is 0 Å². The van der Waals surface area contributed by atoms with Crippen molar-refractivity contribution in [3.63, 3.8) is 0 Å². The number of nitrogens with two attached hydrogens (primary N) is 2. The third kappa shape index (κ3) is 4.66. The molecule has 1 heterocycles. The number of aryl methyl sites for hydroxylation is 1. The normalized spacial score (nSPS) is 11.8. The van der Waals surface area contributed by atoms with Crippen LogP contribution in [0.25, 0.3) is 0 Å². The molecule has 2 aromatic rings. The molecule has 1 aromatic carbocycles. The maximum Gasteiger partial charge on any atom is 0.250 e. The highest BCUT2D eigenvalue weighted by Crippen LogP contribution is 2.29. The molecular formula is C16H20FN5O2S. The van der Waals surface area contributed by atoms with Gasteiger partial charge in [-0.05, 0) is 43.1 Å². The highest BCUT2D eigenvalue weighted by molar-refractivity contribution is 7.10. The standard InChI is InChI=1S/C16H20FN5O2S/c1-3-4-11(16(19)24)20-13-7-12(9(15(18)23)6-10(13)17)21-14-5-8(2)22-25-14/h5-7,11,20-21H,3-4H2,1-2H3,(H2,18,23)(H2,19,24)/t11-/m1/s1. The lowest BCUT2D eigenvalue weighted by Crippen LogP contribution is -2.35. The minimum absolute atomic E-state index is 0.000203. The number of primary amides is 2. The van der Waals surface area contributed by atoms with E-state index in [9.17, 15) is 14.0 Å². The van der Waals surface area contributed by atoms with E-state index in [1.165, 1.54) is 17.6 Å². The van der Waals surface area contributed by atoms with Crippen molar-refractivity contribution in [1.29, 1.82) is 0 Å². The van der Waals surface area contributed by atoms with Crippen LogP contribution in [-0.4, -0.2) is 22.2 Å². The lowest BCUT2D eigenvalue weighted by Gasteiger charge is -2.18. The van der Waals surface area contributed by atoms with Crippen molar-refractivity contribution in [1.82, 2.24) is 4.37 Å². The van der Waals surface area contributed by atoms with E-state index in [1.54, 1.807) is 6.07 Å². The summed E-state index contributed by atoms with van der Waals surface area (Å²) in [4.78, 5) is 23.1. The van der Waals surface area contributed by atoms with Gasteiger partial charge in [0.1, 0.15) is 16.9 Å². The summed E-state index contributed by atoms with van der Waals surface area (Å²) >= 11 is 1.20. The van der Waals surface area contributed by atoms with Gasteiger partial charge in [-0.1, -0.05) is 13.3 Å². The van der Waals surface area contributed by atoms with Gasteiger partial charge in [-0.25, -0.2) is 4.39 Å². The molecule has 0 radical (unpaired) electrons. The predicted octanol–water partition coefficient (Wildman–Crippen LogP) is 2.50. The predicted molar refractivity (Wildman–Crippen MR) is 96.6 cm³/mol. The van der Waals surface area contributed by atoms with Crippen molar-refractivity contribution in [2.75, 3.05) is 10.6 Å². The summed E-state index contributed by atoms with van der Waals surface area (Å²) in [6, 6.07) is 3.51. The summed E-state index contributed by atoms with van der Waals surface area (Å²) in [5.41, 5.74) is 11.9. The molecule has 25 heavy (non-hydrogen) atoms. The second-order valence-corrected chi connectivity index (χ2v) is 6.39. The summed E-state index contributed by atoms with van der Waals surface area (Å²) in [7, 11) is 0. The molecule has 9 heteroatoms. The molecule has 0 spiro atoms. The summed E-state index contributed by atoms with van der Waals surface area (Å²) in [5, 5.41) is 6.48. The maximum absolute atomic E-state index is 14.3. The molecule has 0 fully saturated rings. The largest absolute Gasteiger partial charge is 0.371 e. The number of anilines is 3. The number of carbonyl (C=O) groups is 2. The number of hydrogen-bond donors (Lipinski definition) is 4. The number of hydrogen-bond acceptors (Lipinski definition) is 6. The van der Waals surface area contributed by atoms with E-state index in [4.69, 9.17) is 11.5 Å². The Morgan fingerprint density at radius 2 is 2.00 bits per heavy atom. The van der Waals surface area contributed by atoms with Crippen LogP contribution < -0.4 is 22.1 Å². The highest BCUT2D eigenvalue weighted by atomic mass is 32.1. The van der Waals surface area contributed by atoms with Crippen molar-refractivity contribution in [2.45, 2.75) is 32.7 Å². The van der Waals surface area contributed by atoms with Crippen molar-refractivity contribution in [3.05, 3.63) is 35.3 Å². The Morgan fingerprint density at radius 3 is 2.52 bits per heavy atom. The average molecular weight is 365 g/mol. The second-order valence-electron chi connectivity index (χ2n) is 5.59. The highest BCUT2D eigenvalue weighted by Gasteiger charge is 2.19. The van der Waals surface area contributed by atoms with Crippen molar-refractivity contribution in [3.8, 4) is 0 Å². The Bertz CT molecular complexity index is 793. The van der Waals surface area contributed by atoms with E-state index in [-0.39, 0.29) is 11.3 Å². The van der Waals surface area contributed by atoms with Crippen LogP contribution in [0.4, 0.5) is 20.8 Å². The topological polar surface area (TPSA) is 123 Å². The lowest BCUT2D eigenvalue weighted by molar-refractivity contribution is -0.118. The van der Waals surface area contributed by atoms with Crippen molar-refractivity contribution < 1.29 is 14.0 Å². The molecule has 0 aliphatic carbocycles. The van der Waals surface area contributed by atoms with E-state index < -0.39 is 23.7 Å². The van der Waals surface area contributed by atoms with E-state index >= 15 is 0 Å². The van der Waals surface area contributed by atoms with Crippen LogP contribution >= 0.6 is 11.5 Å². The molecule has 0 saturated carbocycles. The minimum atomic E-state index is -0.769. The zero-order chi connectivity index (χ0) is 18.6. The van der Waals surface area contributed by atoms with Gasteiger partial charge in [-0.3, -0.25) is 9.59 Å². The fraction of sp³-hybridized carbons (Fsp3) is 0.312. The van der Waals surface area contributed by atoms with Gasteiger partial charge in [0.2, 0.25) is 5.91 Å². The summed E-state index contributed by atoms with van der Waals surface area (Å²) in [6.07, 6.45) is 1.16. The van der Waals surface area contributed by atoms with Crippen molar-refractivity contribution in [2.24, 2.45) is 11.5 Å². The lowest BCUT2D eigenvalue weighted by atomic mass is 10.1. The first-order valence-corrected chi connectivity index (χ1v) is 8.48. The fourth-order valence-electron chi connectivity index (χ4n) is 2.31. The van der Waals surface area contributed by atoms with Gasteiger partial charge in [0, 0.05) is 0 Å². The maximum atomic E-state index is 14.3. The Labute approximate surface area is 148 Å². The fourth-order valence-corrected chi connectivity index (χ4v) is 2.98. The molecule has 2 rings (SSSR count). The quantitative estimate of drug-likeness (QED) is 0.572. The van der Waals surface area contributed by atoms with Gasteiger partial charge in [0.05, 0.1) is 22.6 Å². The third-order valence-corrected chi connectivity index (χ3v) is 4.30. The Balaban J connectivity index is 2.39. The molecule has 134 valence electrons. The van der Waals surface area contributed by atoms with E-state index in [1.807, 2.05) is 13.8 Å². The number of nitrogens with one attached hydrogen (secondary N) is 2. The molecule has 0 bridgehead atoms. The second kappa shape index (κ2) is 7.93. The van der Waals surface area contributed by atoms with E-state index in [0.717, 1.165) is 11.8 Å². The Kier molecular flexibility index (Phi) is 5.92. The molecule has 7 nitrogen and oxygen atoms in total. The number of amides is 2. The number of halogens is 1. The molecule has 1 atom stereocenters. The number of aromatic nitrogens is 1. The molecule has 0 unspecified atom stereocenters. The van der Waals surface area contributed by atoms with Crippen molar-refractivity contribution >= 4 is 39.7 Å². The van der Waals surface area contributed by atoms with Gasteiger partial charge in [-0.15, -0.1) is 0 Å². The van der Waals surface area contributed by atoms with E-state index in [0.29, 0.717) is 23.5 Å². The van der Waals surface area contributed by atoms with Gasteiger partial charge in [-0.2, -0.15) is 4.37 Å². The van der Waals surface area contributed by atoms with Crippen LogP contribution in [0.2, 0.25) is 0 Å². The smallest absolute Gasteiger partial charge is 0.250 e. The molecule has 2 amide bonds. The van der Waals surface area contributed by atoms with Gasteiger partial charge in [0.15, 0.2) is 0 Å². The van der Waals surface area contributed by atoms with Crippen LogP contribution in [0, 0.1) is 12.7 Å². The van der Waals surface area contributed by atoms with Crippen LogP contribution in [0.15, 0.2) is 18.2 Å². The number of carbonyl (C=O) groups excluding carboxylic acids is 2. The number of benzene rings is 1. The Morgan fingerprint density at radius 1 is 1.28 bits per heavy atom. The van der Waals surface area contributed by atoms with Gasteiger partial charge in [0.25, 0.3) is 5.91 Å². The molecule has 0 saturated heterocycles. The summed E-state index contributed by atoms with van der Waals surface area (Å²) in [5.74, 6) is -2.04. The number of rotatable bonds is 8. The van der Waals surface area contributed by atoms with Crippen LogP contribution in [-0.2, 0) is 4.79 Å². The molecule has 0 aliphatic heterocycles. The number of nitrogens with zero attached hydrogens (tertiary/aromatic N) is 1.